The maximum Gasteiger partial charge on any atom is 0.351 e. The van der Waals surface area contributed by atoms with Gasteiger partial charge in [0.25, 0.3) is 0 Å². The van der Waals surface area contributed by atoms with Gasteiger partial charge in [-0.1, -0.05) is 0 Å². The van der Waals surface area contributed by atoms with Crippen LogP contribution in [0.3, 0.4) is 0 Å². The largest absolute Gasteiger partial charge is 0.394 e. The molecule has 8 nitrogen and oxygen atoms in total. The Balaban J connectivity index is 2.29. The monoisotopic (exact) mass is 303 g/mol. The molecule has 1 aromatic rings. The molecule has 1 aromatic heterocycles. The summed E-state index contributed by atoms with van der Waals surface area (Å²) in [5, 5.41) is 19.3. The Morgan fingerprint density at radius 1 is 1.65 bits per heavy atom. The molecule has 1 fully saturated rings. The average molecular weight is 303 g/mol. The Hall–Kier alpha value is -1.13. The molecule has 112 valence electrons. The van der Waals surface area contributed by atoms with Crippen molar-refractivity contribution < 1.29 is 19.7 Å². The number of thioether (sulfide) groups is 1. The van der Waals surface area contributed by atoms with E-state index in [1.165, 1.54) is 28.6 Å². The Labute approximate surface area is 119 Å². The van der Waals surface area contributed by atoms with E-state index in [0.717, 1.165) is 0 Å². The maximum atomic E-state index is 11.8. The van der Waals surface area contributed by atoms with Gasteiger partial charge in [0.1, 0.15) is 24.1 Å². The zero-order valence-electron chi connectivity index (χ0n) is 10.9. The number of anilines is 1. The van der Waals surface area contributed by atoms with E-state index in [1.54, 1.807) is 0 Å². The number of ether oxygens (including phenoxy) is 2. The number of aliphatic hydroxyl groups is 2. The van der Waals surface area contributed by atoms with E-state index in [2.05, 4.69) is 4.98 Å². The normalized spacial score (nSPS) is 29.8. The fraction of sp³-hybridized carbons (Fsp3) is 0.636. The Bertz CT molecular complexity index is 511. The summed E-state index contributed by atoms with van der Waals surface area (Å²) >= 11 is 1.43. The van der Waals surface area contributed by atoms with Gasteiger partial charge in [-0.25, -0.2) is 4.79 Å². The van der Waals surface area contributed by atoms with E-state index >= 15 is 0 Å². The lowest BCUT2D eigenvalue weighted by atomic mass is 10.1. The molecule has 1 aliphatic heterocycles. The van der Waals surface area contributed by atoms with E-state index in [1.807, 2.05) is 6.26 Å². The predicted octanol–water partition coefficient (Wildman–Crippen LogP) is -1.22. The van der Waals surface area contributed by atoms with Crippen LogP contribution in [0.15, 0.2) is 17.1 Å². The smallest absolute Gasteiger partial charge is 0.351 e. The fourth-order valence-corrected chi connectivity index (χ4v) is 2.33. The number of hydrogen-bond acceptors (Lipinski definition) is 8. The summed E-state index contributed by atoms with van der Waals surface area (Å²) in [6.45, 7) is -0.367. The highest BCUT2D eigenvalue weighted by molar-refractivity contribution is 7.98. The number of aliphatic hydroxyl groups excluding tert-OH is 2. The summed E-state index contributed by atoms with van der Waals surface area (Å²) in [7, 11) is 0. The molecule has 0 aliphatic carbocycles. The fourth-order valence-electron chi connectivity index (χ4n) is 2.04. The SMILES string of the molecule is CSCOC1C(O)[C@@H](CO)O[C@H]1n1ccc(N)nc1=O. The van der Waals surface area contributed by atoms with Gasteiger partial charge in [0.15, 0.2) is 6.23 Å². The molecule has 0 amide bonds. The Morgan fingerprint density at radius 3 is 3.00 bits per heavy atom. The molecule has 9 heteroatoms. The van der Waals surface area contributed by atoms with Crippen LogP contribution in [-0.2, 0) is 9.47 Å². The Kier molecular flexibility index (Phi) is 5.00. The number of hydrogen-bond donors (Lipinski definition) is 3. The van der Waals surface area contributed by atoms with Crippen molar-refractivity contribution in [2.45, 2.75) is 24.5 Å². The van der Waals surface area contributed by atoms with Crippen molar-refractivity contribution in [3.05, 3.63) is 22.7 Å². The van der Waals surface area contributed by atoms with Crippen LogP contribution in [0, 0.1) is 0 Å². The van der Waals surface area contributed by atoms with Gasteiger partial charge < -0.3 is 25.4 Å². The molecule has 1 saturated heterocycles. The summed E-state index contributed by atoms with van der Waals surface area (Å²) in [5.74, 6) is 0.432. The van der Waals surface area contributed by atoms with Crippen molar-refractivity contribution in [3.8, 4) is 0 Å². The molecule has 2 unspecified atom stereocenters. The van der Waals surface area contributed by atoms with Crippen LogP contribution in [0.4, 0.5) is 5.82 Å². The highest BCUT2D eigenvalue weighted by Gasteiger charge is 2.45. The number of aromatic nitrogens is 2. The van der Waals surface area contributed by atoms with E-state index < -0.39 is 30.2 Å². The molecular formula is C11H17N3O5S. The standard InChI is InChI=1S/C11H17N3O5S/c1-20-5-18-9-8(16)6(4-15)19-10(9)14-3-2-7(12)13-11(14)17/h2-3,6,8-10,15-16H,4-5H2,1H3,(H2,12,13,17)/t6-,8?,9?,10-/m1/s1. The minimum Gasteiger partial charge on any atom is -0.394 e. The lowest BCUT2D eigenvalue weighted by molar-refractivity contribution is -0.0648. The lowest BCUT2D eigenvalue weighted by Crippen LogP contribution is -2.38. The van der Waals surface area contributed by atoms with Crippen LogP contribution in [0.1, 0.15) is 6.23 Å². The first-order valence-electron chi connectivity index (χ1n) is 5.98. The summed E-state index contributed by atoms with van der Waals surface area (Å²) in [6, 6.07) is 1.45. The average Bonchev–Trinajstić information content (AvgIpc) is 2.73. The van der Waals surface area contributed by atoms with Gasteiger partial charge in [-0.05, 0) is 12.3 Å². The molecule has 1 aliphatic rings. The van der Waals surface area contributed by atoms with Crippen LogP contribution < -0.4 is 11.4 Å². The zero-order valence-corrected chi connectivity index (χ0v) is 11.7. The van der Waals surface area contributed by atoms with E-state index in [9.17, 15) is 15.0 Å². The number of nitrogens with two attached hydrogens (primary N) is 1. The molecule has 4 atom stereocenters. The van der Waals surface area contributed by atoms with Gasteiger partial charge in [-0.2, -0.15) is 4.98 Å². The number of nitrogens with zero attached hydrogens (tertiary/aromatic N) is 2. The van der Waals surface area contributed by atoms with Gasteiger partial charge in [0.2, 0.25) is 0 Å². The quantitative estimate of drug-likeness (QED) is 0.579. The zero-order chi connectivity index (χ0) is 14.7. The van der Waals surface area contributed by atoms with Crippen LogP contribution in [0.5, 0.6) is 0 Å². The van der Waals surface area contributed by atoms with Gasteiger partial charge in [-0.3, -0.25) is 4.57 Å². The van der Waals surface area contributed by atoms with Crippen LogP contribution in [0.25, 0.3) is 0 Å². The number of rotatable bonds is 5. The molecule has 0 spiro atoms. The van der Waals surface area contributed by atoms with E-state index in [-0.39, 0.29) is 12.4 Å². The second kappa shape index (κ2) is 6.55. The molecule has 2 heterocycles. The summed E-state index contributed by atoms with van der Waals surface area (Å²) in [5.41, 5.74) is 4.83. The highest BCUT2D eigenvalue weighted by Crippen LogP contribution is 2.31. The third-order valence-electron chi connectivity index (χ3n) is 3.00. The molecular weight excluding hydrogens is 286 g/mol. The Morgan fingerprint density at radius 2 is 2.40 bits per heavy atom. The minimum atomic E-state index is -1.03. The minimum absolute atomic E-state index is 0.102. The van der Waals surface area contributed by atoms with Crippen molar-refractivity contribution in [1.82, 2.24) is 9.55 Å². The second-order valence-electron chi connectivity index (χ2n) is 4.32. The molecule has 2 rings (SSSR count). The molecule has 0 aromatic carbocycles. The van der Waals surface area contributed by atoms with Crippen molar-refractivity contribution in [1.29, 1.82) is 0 Å². The van der Waals surface area contributed by atoms with E-state index in [4.69, 9.17) is 15.2 Å². The summed E-state index contributed by atoms with van der Waals surface area (Å²) in [6.07, 6.45) is -0.176. The van der Waals surface area contributed by atoms with Crippen LogP contribution in [-0.4, -0.2) is 56.9 Å². The van der Waals surface area contributed by atoms with Crippen LogP contribution >= 0.6 is 11.8 Å². The van der Waals surface area contributed by atoms with E-state index in [0.29, 0.717) is 5.94 Å². The van der Waals surface area contributed by atoms with Gasteiger partial charge in [0.05, 0.1) is 12.5 Å². The third-order valence-corrected chi connectivity index (χ3v) is 3.37. The van der Waals surface area contributed by atoms with Crippen molar-refractivity contribution in [3.63, 3.8) is 0 Å². The second-order valence-corrected chi connectivity index (χ2v) is 5.13. The van der Waals surface area contributed by atoms with Crippen molar-refractivity contribution >= 4 is 17.6 Å². The first kappa shape index (κ1) is 15.3. The maximum absolute atomic E-state index is 11.8. The number of nitrogen functional groups attached to an aromatic ring is 1. The van der Waals surface area contributed by atoms with Gasteiger partial charge in [0, 0.05) is 6.20 Å². The first-order valence-corrected chi connectivity index (χ1v) is 7.37. The first-order chi connectivity index (χ1) is 9.58. The molecule has 0 bridgehead atoms. The predicted molar refractivity (Wildman–Crippen MR) is 73.2 cm³/mol. The van der Waals surface area contributed by atoms with Gasteiger partial charge in [-0.15, -0.1) is 11.8 Å². The molecule has 0 saturated carbocycles. The van der Waals surface area contributed by atoms with Gasteiger partial charge >= 0.3 is 5.69 Å². The third kappa shape index (κ3) is 2.96. The summed E-state index contributed by atoms with van der Waals surface area (Å²) in [4.78, 5) is 15.4. The topological polar surface area (TPSA) is 120 Å². The van der Waals surface area contributed by atoms with Crippen molar-refractivity contribution in [2.24, 2.45) is 0 Å². The highest BCUT2D eigenvalue weighted by atomic mass is 32.2. The molecule has 4 N–H and O–H groups in total. The molecule has 0 radical (unpaired) electrons. The van der Waals surface area contributed by atoms with Crippen molar-refractivity contribution in [2.75, 3.05) is 24.5 Å². The van der Waals surface area contributed by atoms with Crippen LogP contribution in [0.2, 0.25) is 0 Å². The molecule has 20 heavy (non-hydrogen) atoms. The lowest BCUT2D eigenvalue weighted by Gasteiger charge is -2.21. The summed E-state index contributed by atoms with van der Waals surface area (Å²) < 4.78 is 12.2.